The maximum absolute atomic E-state index is 13.6. The summed E-state index contributed by atoms with van der Waals surface area (Å²) in [6, 6.07) is 25.7. The van der Waals surface area contributed by atoms with Gasteiger partial charge in [0.1, 0.15) is 6.54 Å². The summed E-state index contributed by atoms with van der Waals surface area (Å²) >= 11 is 0. The highest BCUT2D eigenvalue weighted by Gasteiger charge is 2.40. The van der Waals surface area contributed by atoms with E-state index in [0.29, 0.717) is 12.1 Å². The van der Waals surface area contributed by atoms with Crippen molar-refractivity contribution in [3.63, 3.8) is 0 Å². The van der Waals surface area contributed by atoms with Gasteiger partial charge in [-0.1, -0.05) is 80.6 Å². The Balaban J connectivity index is 1.49. The van der Waals surface area contributed by atoms with Crippen LogP contribution < -0.4 is 5.32 Å². The Morgan fingerprint density at radius 2 is 1.65 bits per heavy atom. The Bertz CT molecular complexity index is 1390. The summed E-state index contributed by atoms with van der Waals surface area (Å²) in [5.74, 6) is -0.241. The first-order valence-electron chi connectivity index (χ1n) is 13.2. The standard InChI is InChI=1S/C31H34N4O2/c1-3-34(4-2)20-12-19-32-27(36)21-35-30(23-15-8-9-16-24(23)31(35)37)28-25-17-10-11-18-26(25)33-29(28)22-13-6-5-7-14-22/h5-11,13-18,30,33H,3-4,12,19-21H2,1-2H3,(H,32,36). The van der Waals surface area contributed by atoms with Crippen molar-refractivity contribution < 1.29 is 9.59 Å². The minimum absolute atomic E-state index is 0.0111. The summed E-state index contributed by atoms with van der Waals surface area (Å²) in [4.78, 5) is 34.4. The normalized spacial score (nSPS) is 14.9. The molecule has 1 aliphatic heterocycles. The lowest BCUT2D eigenvalue weighted by Gasteiger charge is -2.26. The van der Waals surface area contributed by atoms with E-state index in [4.69, 9.17) is 0 Å². The Hall–Kier alpha value is -3.90. The molecule has 0 radical (unpaired) electrons. The zero-order valence-corrected chi connectivity index (χ0v) is 21.5. The number of aromatic amines is 1. The number of amides is 2. The number of rotatable bonds is 10. The monoisotopic (exact) mass is 494 g/mol. The molecule has 2 heterocycles. The maximum Gasteiger partial charge on any atom is 0.255 e. The summed E-state index contributed by atoms with van der Waals surface area (Å²) in [6.07, 6.45) is 0.881. The van der Waals surface area contributed by atoms with Gasteiger partial charge in [0.15, 0.2) is 0 Å². The lowest BCUT2D eigenvalue weighted by atomic mass is 9.93. The molecule has 6 heteroatoms. The number of carbonyl (C=O) groups excluding carboxylic acids is 2. The number of para-hydroxylation sites is 1. The van der Waals surface area contributed by atoms with Gasteiger partial charge in [-0.05, 0) is 49.3 Å². The summed E-state index contributed by atoms with van der Waals surface area (Å²) in [6.45, 7) is 7.84. The van der Waals surface area contributed by atoms with Crippen LogP contribution in [0.25, 0.3) is 22.2 Å². The molecule has 1 unspecified atom stereocenters. The van der Waals surface area contributed by atoms with Crippen molar-refractivity contribution in [3.8, 4) is 11.3 Å². The van der Waals surface area contributed by atoms with E-state index in [1.54, 1.807) is 4.90 Å². The molecule has 1 atom stereocenters. The van der Waals surface area contributed by atoms with Gasteiger partial charge >= 0.3 is 0 Å². The highest BCUT2D eigenvalue weighted by Crippen LogP contribution is 2.45. The van der Waals surface area contributed by atoms with Gasteiger partial charge in [-0.15, -0.1) is 0 Å². The SMILES string of the molecule is CCN(CC)CCCNC(=O)CN1C(=O)c2ccccc2C1c1c(-c2ccccc2)[nH]c2ccccc12. The minimum Gasteiger partial charge on any atom is -0.355 e. The summed E-state index contributed by atoms with van der Waals surface area (Å²) < 4.78 is 0. The second-order valence-electron chi connectivity index (χ2n) is 9.48. The molecule has 4 aromatic rings. The van der Waals surface area contributed by atoms with Gasteiger partial charge in [0, 0.05) is 28.6 Å². The van der Waals surface area contributed by atoms with E-state index in [1.807, 2.05) is 54.6 Å². The minimum atomic E-state index is -0.364. The molecule has 0 bridgehead atoms. The van der Waals surface area contributed by atoms with Gasteiger partial charge in [-0.25, -0.2) is 0 Å². The smallest absolute Gasteiger partial charge is 0.255 e. The van der Waals surface area contributed by atoms with Crippen LogP contribution in [-0.4, -0.2) is 59.3 Å². The Kier molecular flexibility index (Phi) is 7.37. The van der Waals surface area contributed by atoms with E-state index in [9.17, 15) is 9.59 Å². The van der Waals surface area contributed by atoms with Crippen molar-refractivity contribution in [3.05, 3.63) is 95.6 Å². The lowest BCUT2D eigenvalue weighted by Crippen LogP contribution is -2.40. The zero-order valence-electron chi connectivity index (χ0n) is 21.5. The van der Waals surface area contributed by atoms with Crippen LogP contribution in [0.15, 0.2) is 78.9 Å². The number of benzene rings is 3. The van der Waals surface area contributed by atoms with Crippen LogP contribution in [0.5, 0.6) is 0 Å². The molecule has 190 valence electrons. The van der Waals surface area contributed by atoms with Crippen LogP contribution in [0.1, 0.15) is 47.8 Å². The number of H-pyrrole nitrogens is 1. The van der Waals surface area contributed by atoms with Crippen LogP contribution in [-0.2, 0) is 4.79 Å². The molecule has 6 nitrogen and oxygen atoms in total. The van der Waals surface area contributed by atoms with Crippen LogP contribution in [0.2, 0.25) is 0 Å². The molecule has 0 aliphatic carbocycles. The molecule has 3 aromatic carbocycles. The molecule has 37 heavy (non-hydrogen) atoms. The zero-order chi connectivity index (χ0) is 25.8. The van der Waals surface area contributed by atoms with Crippen molar-refractivity contribution in [2.75, 3.05) is 32.7 Å². The summed E-state index contributed by atoms with van der Waals surface area (Å²) in [5, 5.41) is 4.10. The number of fused-ring (bicyclic) bond motifs is 2. The summed E-state index contributed by atoms with van der Waals surface area (Å²) in [7, 11) is 0. The second-order valence-corrected chi connectivity index (χ2v) is 9.48. The molecule has 0 saturated carbocycles. The third-order valence-corrected chi connectivity index (χ3v) is 7.32. The first-order valence-corrected chi connectivity index (χ1v) is 13.2. The molecule has 1 aliphatic rings. The molecule has 5 rings (SSSR count). The van der Waals surface area contributed by atoms with Crippen molar-refractivity contribution in [2.24, 2.45) is 0 Å². The summed E-state index contributed by atoms with van der Waals surface area (Å²) in [5.41, 5.74) is 5.64. The second kappa shape index (κ2) is 11.0. The van der Waals surface area contributed by atoms with Gasteiger partial charge in [0.2, 0.25) is 5.91 Å². The Morgan fingerprint density at radius 3 is 2.43 bits per heavy atom. The first kappa shape index (κ1) is 24.8. The molecule has 0 fully saturated rings. The highest BCUT2D eigenvalue weighted by atomic mass is 16.2. The molecule has 2 amide bonds. The number of aromatic nitrogens is 1. The average molecular weight is 495 g/mol. The fourth-order valence-corrected chi connectivity index (χ4v) is 5.41. The number of hydrogen-bond acceptors (Lipinski definition) is 3. The van der Waals surface area contributed by atoms with Crippen molar-refractivity contribution >= 4 is 22.7 Å². The number of hydrogen-bond donors (Lipinski definition) is 2. The van der Waals surface area contributed by atoms with E-state index in [1.165, 1.54) is 0 Å². The van der Waals surface area contributed by atoms with Crippen LogP contribution in [0.3, 0.4) is 0 Å². The number of carbonyl (C=O) groups is 2. The largest absolute Gasteiger partial charge is 0.355 e. The Morgan fingerprint density at radius 1 is 0.946 bits per heavy atom. The topological polar surface area (TPSA) is 68.4 Å². The average Bonchev–Trinajstić information content (AvgIpc) is 3.44. The first-order chi connectivity index (χ1) is 18.1. The number of nitrogens with one attached hydrogen (secondary N) is 2. The van der Waals surface area contributed by atoms with Crippen LogP contribution in [0.4, 0.5) is 0 Å². The predicted molar refractivity (Wildman–Crippen MR) is 148 cm³/mol. The van der Waals surface area contributed by atoms with Gasteiger partial charge in [-0.2, -0.15) is 0 Å². The highest BCUT2D eigenvalue weighted by molar-refractivity contribution is 6.03. The van der Waals surface area contributed by atoms with E-state index in [-0.39, 0.29) is 24.4 Å². The van der Waals surface area contributed by atoms with E-state index >= 15 is 0 Å². The van der Waals surface area contributed by atoms with Gasteiger partial charge in [0.25, 0.3) is 5.91 Å². The van der Waals surface area contributed by atoms with E-state index < -0.39 is 0 Å². The molecule has 2 N–H and O–H groups in total. The lowest BCUT2D eigenvalue weighted by molar-refractivity contribution is -0.122. The van der Waals surface area contributed by atoms with Crippen molar-refractivity contribution in [1.29, 1.82) is 0 Å². The third kappa shape index (κ3) is 4.89. The fourth-order valence-electron chi connectivity index (χ4n) is 5.41. The molecular weight excluding hydrogens is 460 g/mol. The number of nitrogens with zero attached hydrogens (tertiary/aromatic N) is 2. The van der Waals surface area contributed by atoms with Crippen molar-refractivity contribution in [1.82, 2.24) is 20.1 Å². The van der Waals surface area contributed by atoms with Gasteiger partial charge in [0.05, 0.1) is 11.7 Å². The quantitative estimate of drug-likeness (QED) is 0.297. The fraction of sp³-hybridized carbons (Fsp3) is 0.290. The molecule has 0 saturated heterocycles. The van der Waals surface area contributed by atoms with Crippen LogP contribution in [0, 0.1) is 0 Å². The van der Waals surface area contributed by atoms with Gasteiger partial charge in [-0.3, -0.25) is 9.59 Å². The van der Waals surface area contributed by atoms with E-state index in [2.05, 4.69) is 53.3 Å². The van der Waals surface area contributed by atoms with Crippen LogP contribution >= 0.6 is 0 Å². The third-order valence-electron chi connectivity index (χ3n) is 7.32. The predicted octanol–water partition coefficient (Wildman–Crippen LogP) is 5.23. The molecule has 0 spiro atoms. The van der Waals surface area contributed by atoms with Crippen molar-refractivity contribution in [2.45, 2.75) is 26.3 Å². The van der Waals surface area contributed by atoms with Gasteiger partial charge < -0.3 is 20.1 Å². The molecule has 1 aromatic heterocycles. The Labute approximate surface area is 218 Å². The molecular formula is C31H34N4O2. The maximum atomic E-state index is 13.6. The van der Waals surface area contributed by atoms with E-state index in [0.717, 1.165) is 59.3 Å².